The van der Waals surface area contributed by atoms with E-state index in [0.717, 1.165) is 13.2 Å². The molecule has 2 aromatic rings. The monoisotopic (exact) mass is 303 g/mol. The molecule has 2 rings (SSSR count). The number of nitrogens with zero attached hydrogens (tertiary/aromatic N) is 2. The Hall–Kier alpha value is -1.39. The average Bonchev–Trinajstić information content (AvgIpc) is 2.74. The lowest BCUT2D eigenvalue weighted by molar-refractivity contribution is -0.696. The molecule has 0 N–H and O–H groups in total. The Morgan fingerprint density at radius 2 is 1.71 bits per heavy atom. The van der Waals surface area contributed by atoms with Crippen LogP contribution in [0.25, 0.3) is 5.69 Å². The molecule has 0 saturated carbocycles. The maximum atomic E-state index is 5.92. The van der Waals surface area contributed by atoms with E-state index in [4.69, 9.17) is 4.43 Å². The van der Waals surface area contributed by atoms with Gasteiger partial charge in [0.25, 0.3) is 0 Å². The Kier molecular flexibility index (Phi) is 4.69. The highest BCUT2D eigenvalue weighted by atomic mass is 28.4. The lowest BCUT2D eigenvalue weighted by Crippen LogP contribution is -2.37. The van der Waals surface area contributed by atoms with Crippen molar-refractivity contribution >= 4 is 8.32 Å². The second kappa shape index (κ2) is 6.16. The van der Waals surface area contributed by atoms with E-state index < -0.39 is 8.32 Å². The normalized spacial score (nSPS) is 11.9. The first-order valence-electron chi connectivity index (χ1n) is 7.55. The van der Waals surface area contributed by atoms with E-state index in [1.807, 2.05) is 0 Å². The first-order chi connectivity index (χ1) is 9.76. The summed E-state index contributed by atoms with van der Waals surface area (Å²) in [5.74, 6) is 0. The third-order valence-electron chi connectivity index (χ3n) is 3.47. The Morgan fingerprint density at radius 3 is 2.29 bits per heavy atom. The van der Waals surface area contributed by atoms with Gasteiger partial charge in [0.2, 0.25) is 6.33 Å². The van der Waals surface area contributed by atoms with Crippen molar-refractivity contribution in [3.05, 3.63) is 47.5 Å². The average molecular weight is 304 g/mol. The quantitative estimate of drug-likeness (QED) is 0.610. The molecular weight excluding hydrogens is 276 g/mol. The minimum atomic E-state index is -1.41. The van der Waals surface area contributed by atoms with Crippen LogP contribution in [0, 0.1) is 20.8 Å². The SMILES string of the molecule is Cc1cc(C)c(-n2cc[n+](CCO[Si](C)(C)C)c2)c(C)c1. The standard InChI is InChI=1S/C17H27N2OSi/c1-14-11-15(2)17(16(3)12-14)19-8-7-18(13-19)9-10-20-21(4,5)6/h7-8,11-13H,9-10H2,1-6H3/q+1. The van der Waals surface area contributed by atoms with Gasteiger partial charge in [-0.2, -0.15) is 0 Å². The number of imidazole rings is 1. The minimum Gasteiger partial charge on any atom is -0.414 e. The smallest absolute Gasteiger partial charge is 0.249 e. The molecule has 1 aromatic heterocycles. The fraction of sp³-hybridized carbons (Fsp3) is 0.471. The van der Waals surface area contributed by atoms with Crippen LogP contribution in [-0.2, 0) is 11.0 Å². The largest absolute Gasteiger partial charge is 0.414 e. The predicted molar refractivity (Wildman–Crippen MR) is 89.5 cm³/mol. The molecule has 4 heteroatoms. The van der Waals surface area contributed by atoms with E-state index in [9.17, 15) is 0 Å². The first kappa shape index (κ1) is 16.0. The molecular formula is C17H27N2OSi+. The molecule has 0 saturated heterocycles. The van der Waals surface area contributed by atoms with Gasteiger partial charge in [-0.15, -0.1) is 0 Å². The van der Waals surface area contributed by atoms with Crippen LogP contribution in [0.4, 0.5) is 0 Å². The molecule has 21 heavy (non-hydrogen) atoms. The van der Waals surface area contributed by atoms with Crippen LogP contribution in [-0.4, -0.2) is 19.5 Å². The number of aromatic nitrogens is 2. The zero-order valence-corrected chi connectivity index (χ0v) is 15.1. The van der Waals surface area contributed by atoms with Crippen LogP contribution in [0.2, 0.25) is 19.6 Å². The van der Waals surface area contributed by atoms with Crippen molar-refractivity contribution in [1.82, 2.24) is 4.57 Å². The summed E-state index contributed by atoms with van der Waals surface area (Å²) in [6.07, 6.45) is 6.39. The topological polar surface area (TPSA) is 18.0 Å². The van der Waals surface area contributed by atoms with Crippen molar-refractivity contribution in [2.24, 2.45) is 0 Å². The molecule has 0 aliphatic heterocycles. The maximum absolute atomic E-state index is 5.92. The van der Waals surface area contributed by atoms with E-state index in [1.54, 1.807) is 0 Å². The third-order valence-corrected chi connectivity index (χ3v) is 4.54. The van der Waals surface area contributed by atoms with Crippen LogP contribution < -0.4 is 4.57 Å². The lowest BCUT2D eigenvalue weighted by atomic mass is 10.1. The van der Waals surface area contributed by atoms with Gasteiger partial charge in [0.05, 0.1) is 6.61 Å². The molecule has 3 nitrogen and oxygen atoms in total. The first-order valence-corrected chi connectivity index (χ1v) is 11.0. The van der Waals surface area contributed by atoms with Crippen LogP contribution >= 0.6 is 0 Å². The summed E-state index contributed by atoms with van der Waals surface area (Å²) in [6.45, 7) is 14.9. The third kappa shape index (κ3) is 4.28. The van der Waals surface area contributed by atoms with Crippen LogP contribution in [0.1, 0.15) is 16.7 Å². The summed E-state index contributed by atoms with van der Waals surface area (Å²) in [6, 6.07) is 4.47. The van der Waals surface area contributed by atoms with Gasteiger partial charge in [-0.25, -0.2) is 9.13 Å². The molecule has 0 atom stereocenters. The van der Waals surface area contributed by atoms with Gasteiger partial charge in [0.15, 0.2) is 8.32 Å². The van der Waals surface area contributed by atoms with E-state index >= 15 is 0 Å². The molecule has 0 unspecified atom stereocenters. The maximum Gasteiger partial charge on any atom is 0.249 e. The van der Waals surface area contributed by atoms with Crippen molar-refractivity contribution in [1.29, 1.82) is 0 Å². The van der Waals surface area contributed by atoms with Crippen molar-refractivity contribution in [2.75, 3.05) is 6.61 Å². The molecule has 1 aromatic carbocycles. The van der Waals surface area contributed by atoms with Gasteiger partial charge in [-0.05, 0) is 51.5 Å². The van der Waals surface area contributed by atoms with Crippen molar-refractivity contribution in [2.45, 2.75) is 47.0 Å². The Bertz CT molecular complexity index is 603. The highest BCUT2D eigenvalue weighted by Gasteiger charge is 2.16. The molecule has 1 heterocycles. The molecule has 0 radical (unpaired) electrons. The van der Waals surface area contributed by atoms with Gasteiger partial charge < -0.3 is 4.43 Å². The van der Waals surface area contributed by atoms with Crippen LogP contribution in [0.15, 0.2) is 30.9 Å². The van der Waals surface area contributed by atoms with Gasteiger partial charge in [-0.1, -0.05) is 17.7 Å². The molecule has 0 aliphatic rings. The van der Waals surface area contributed by atoms with Crippen LogP contribution in [0.3, 0.4) is 0 Å². The Labute approximate surface area is 129 Å². The number of aryl methyl sites for hydroxylation is 3. The Balaban J connectivity index is 2.13. The zero-order chi connectivity index (χ0) is 15.6. The van der Waals surface area contributed by atoms with E-state index in [0.29, 0.717) is 0 Å². The minimum absolute atomic E-state index is 0.788. The number of hydrogen-bond acceptors (Lipinski definition) is 1. The summed E-state index contributed by atoms with van der Waals surface area (Å²) < 4.78 is 10.3. The van der Waals surface area contributed by atoms with E-state index in [-0.39, 0.29) is 0 Å². The summed E-state index contributed by atoms with van der Waals surface area (Å²) in [5, 5.41) is 0. The highest BCUT2D eigenvalue weighted by Crippen LogP contribution is 2.20. The number of rotatable bonds is 5. The number of hydrogen-bond donors (Lipinski definition) is 0. The highest BCUT2D eigenvalue weighted by molar-refractivity contribution is 6.69. The Morgan fingerprint density at radius 1 is 1.10 bits per heavy atom. The van der Waals surface area contributed by atoms with Crippen LogP contribution in [0.5, 0.6) is 0 Å². The molecule has 0 amide bonds. The lowest BCUT2D eigenvalue weighted by Gasteiger charge is -2.15. The van der Waals surface area contributed by atoms with Crippen molar-refractivity contribution in [3.63, 3.8) is 0 Å². The number of benzene rings is 1. The van der Waals surface area contributed by atoms with Gasteiger partial charge in [0, 0.05) is 0 Å². The van der Waals surface area contributed by atoms with Gasteiger partial charge in [0.1, 0.15) is 24.6 Å². The van der Waals surface area contributed by atoms with Gasteiger partial charge in [-0.3, -0.25) is 0 Å². The zero-order valence-electron chi connectivity index (χ0n) is 14.1. The molecule has 0 fully saturated rings. The van der Waals surface area contributed by atoms with Crippen molar-refractivity contribution < 1.29 is 8.99 Å². The fourth-order valence-corrected chi connectivity index (χ4v) is 3.40. The van der Waals surface area contributed by atoms with Crippen molar-refractivity contribution in [3.8, 4) is 5.69 Å². The summed E-state index contributed by atoms with van der Waals surface area (Å²) >= 11 is 0. The van der Waals surface area contributed by atoms with E-state index in [1.165, 1.54) is 22.4 Å². The summed E-state index contributed by atoms with van der Waals surface area (Å²) in [5.41, 5.74) is 5.23. The molecule has 114 valence electrons. The molecule has 0 bridgehead atoms. The second-order valence-electron chi connectivity index (χ2n) is 6.77. The predicted octanol–water partition coefficient (Wildman–Crippen LogP) is 3.54. The molecule has 0 spiro atoms. The second-order valence-corrected chi connectivity index (χ2v) is 11.3. The summed E-state index contributed by atoms with van der Waals surface area (Å²) in [7, 11) is -1.41. The summed E-state index contributed by atoms with van der Waals surface area (Å²) in [4.78, 5) is 0. The fourth-order valence-electron chi connectivity index (χ4n) is 2.70. The molecule has 0 aliphatic carbocycles. The van der Waals surface area contributed by atoms with E-state index in [2.05, 4.69) is 80.4 Å². The van der Waals surface area contributed by atoms with Gasteiger partial charge >= 0.3 is 0 Å².